The fourth-order valence-electron chi connectivity index (χ4n) is 1.48. The van der Waals surface area contributed by atoms with E-state index in [1.807, 2.05) is 25.2 Å². The summed E-state index contributed by atoms with van der Waals surface area (Å²) >= 11 is -2.16. The lowest BCUT2D eigenvalue weighted by Crippen LogP contribution is -1.90. The second-order valence-electron chi connectivity index (χ2n) is 3.21. The van der Waals surface area contributed by atoms with Gasteiger partial charge in [-0.1, -0.05) is 12.1 Å². The molecule has 2 aromatic rings. The summed E-state index contributed by atoms with van der Waals surface area (Å²) in [5.41, 5.74) is 1.01. The first-order valence-corrected chi connectivity index (χ1v) is 5.59. The van der Waals surface area contributed by atoms with Crippen LogP contribution in [0.3, 0.4) is 0 Å². The van der Waals surface area contributed by atoms with Gasteiger partial charge in [-0.2, -0.15) is 0 Å². The van der Waals surface area contributed by atoms with Crippen LogP contribution >= 0.6 is 0 Å². The molecule has 0 amide bonds. The Morgan fingerprint density at radius 2 is 1.80 bits per heavy atom. The van der Waals surface area contributed by atoms with Gasteiger partial charge in [0.15, 0.2) is 0 Å². The summed E-state index contributed by atoms with van der Waals surface area (Å²) in [6, 6.07) is 10.9. The van der Waals surface area contributed by atoms with Gasteiger partial charge in [0, 0.05) is 17.6 Å². The Morgan fingerprint density at radius 1 is 1.13 bits per heavy atom. The van der Waals surface area contributed by atoms with Gasteiger partial charge in [0.1, 0.15) is 0 Å². The Kier molecular flexibility index (Phi) is 2.70. The Labute approximate surface area is 90.4 Å². The highest BCUT2D eigenvalue weighted by Gasteiger charge is 1.97. The Morgan fingerprint density at radius 3 is 2.47 bits per heavy atom. The van der Waals surface area contributed by atoms with Crippen molar-refractivity contribution in [2.24, 2.45) is 0 Å². The zero-order valence-corrected chi connectivity index (χ0v) is 9.01. The van der Waals surface area contributed by atoms with Crippen molar-refractivity contribution >= 4 is 27.5 Å². The molecule has 0 aliphatic rings. The molecule has 0 heterocycles. The summed E-state index contributed by atoms with van der Waals surface area (Å²) in [6.07, 6.45) is 0. The molecule has 3 nitrogen and oxygen atoms in total. The van der Waals surface area contributed by atoms with Crippen molar-refractivity contribution in [1.29, 1.82) is 0 Å². The molecule has 15 heavy (non-hydrogen) atoms. The first-order valence-electron chi connectivity index (χ1n) is 4.51. The van der Waals surface area contributed by atoms with Gasteiger partial charge in [-0.3, -0.25) is 4.21 Å². The van der Waals surface area contributed by atoms with Gasteiger partial charge in [-0.15, -0.1) is 0 Å². The van der Waals surface area contributed by atoms with E-state index in [0.29, 0.717) is 4.90 Å². The monoisotopic (exact) mass is 220 g/mol. The van der Waals surface area contributed by atoms with Gasteiger partial charge >= 0.3 is 0 Å². The van der Waals surface area contributed by atoms with Crippen molar-refractivity contribution in [3.63, 3.8) is 0 Å². The van der Waals surface area contributed by atoms with Crippen LogP contribution in [0.5, 0.6) is 0 Å². The largest absolute Gasteiger partial charge is 0.768 e. The predicted molar refractivity (Wildman–Crippen MR) is 60.7 cm³/mol. The Hall–Kier alpha value is -1.39. The molecule has 1 atom stereocenters. The highest BCUT2D eigenvalue weighted by molar-refractivity contribution is 7.79. The van der Waals surface area contributed by atoms with E-state index >= 15 is 0 Å². The van der Waals surface area contributed by atoms with Gasteiger partial charge < -0.3 is 9.87 Å². The topological polar surface area (TPSA) is 52.2 Å². The van der Waals surface area contributed by atoms with Crippen LogP contribution in [0.4, 0.5) is 5.69 Å². The number of benzene rings is 2. The molecule has 1 N–H and O–H groups in total. The summed E-state index contributed by atoms with van der Waals surface area (Å²) in [6.45, 7) is 0. The van der Waals surface area contributed by atoms with Crippen LogP contribution < -0.4 is 5.32 Å². The fourth-order valence-corrected chi connectivity index (χ4v) is 1.89. The van der Waals surface area contributed by atoms with Crippen LogP contribution in [0.1, 0.15) is 0 Å². The molecular formula is C11H10NO2S-. The third-order valence-electron chi connectivity index (χ3n) is 2.29. The Balaban J connectivity index is 2.59. The summed E-state index contributed by atoms with van der Waals surface area (Å²) < 4.78 is 21.5. The van der Waals surface area contributed by atoms with E-state index in [1.165, 1.54) is 0 Å². The molecular weight excluding hydrogens is 210 g/mol. The minimum absolute atomic E-state index is 0.319. The molecule has 0 aliphatic heterocycles. The van der Waals surface area contributed by atoms with Crippen LogP contribution in [0.25, 0.3) is 10.8 Å². The van der Waals surface area contributed by atoms with Gasteiger partial charge in [0.2, 0.25) is 0 Å². The molecule has 78 valence electrons. The van der Waals surface area contributed by atoms with Crippen molar-refractivity contribution in [1.82, 2.24) is 0 Å². The van der Waals surface area contributed by atoms with E-state index in [4.69, 9.17) is 0 Å². The standard InChI is InChI=1S/C11H11NO2S/c1-12-10-4-2-9-7-11(15(13)14)5-3-8(9)6-10/h2-7,12H,1H3,(H,13,14)/p-1. The lowest BCUT2D eigenvalue weighted by atomic mass is 10.1. The summed E-state index contributed by atoms with van der Waals surface area (Å²) in [5.74, 6) is 0. The lowest BCUT2D eigenvalue weighted by molar-refractivity contribution is 0.537. The van der Waals surface area contributed by atoms with Crippen LogP contribution in [0, 0.1) is 0 Å². The number of hydrogen-bond acceptors (Lipinski definition) is 3. The molecule has 0 bridgehead atoms. The van der Waals surface area contributed by atoms with Gasteiger partial charge in [-0.05, 0) is 46.1 Å². The SMILES string of the molecule is CNc1ccc2cc(S(=O)[O-])ccc2c1. The number of fused-ring (bicyclic) bond motifs is 1. The molecule has 0 spiro atoms. The van der Waals surface area contributed by atoms with Crippen molar-refractivity contribution in [2.45, 2.75) is 4.90 Å². The second-order valence-corrected chi connectivity index (χ2v) is 4.15. The number of hydrogen-bond donors (Lipinski definition) is 1. The molecule has 0 radical (unpaired) electrons. The summed E-state index contributed by atoms with van der Waals surface area (Å²) in [5, 5.41) is 4.99. The molecule has 0 aromatic heterocycles. The number of rotatable bonds is 2. The van der Waals surface area contributed by atoms with Gasteiger partial charge in [0.25, 0.3) is 0 Å². The average molecular weight is 220 g/mol. The van der Waals surface area contributed by atoms with Gasteiger partial charge in [0.05, 0.1) is 0 Å². The predicted octanol–water partition coefficient (Wildman–Crippen LogP) is 2.12. The molecule has 0 fully saturated rings. The van der Waals surface area contributed by atoms with E-state index in [0.717, 1.165) is 16.5 Å². The molecule has 2 aromatic carbocycles. The molecule has 0 aliphatic carbocycles. The third-order valence-corrected chi connectivity index (χ3v) is 2.93. The lowest BCUT2D eigenvalue weighted by Gasteiger charge is -2.07. The maximum Gasteiger partial charge on any atom is 0.0343 e. The second kappa shape index (κ2) is 4.00. The zero-order valence-electron chi connectivity index (χ0n) is 8.19. The van der Waals surface area contributed by atoms with E-state index in [1.54, 1.807) is 18.2 Å². The smallest absolute Gasteiger partial charge is 0.0343 e. The number of anilines is 1. The third kappa shape index (κ3) is 2.00. The first kappa shape index (κ1) is 10.1. The van der Waals surface area contributed by atoms with E-state index in [-0.39, 0.29) is 0 Å². The van der Waals surface area contributed by atoms with Crippen molar-refractivity contribution < 1.29 is 8.76 Å². The summed E-state index contributed by atoms with van der Waals surface area (Å²) in [7, 11) is 1.85. The highest BCUT2D eigenvalue weighted by atomic mass is 32.2. The summed E-state index contributed by atoms with van der Waals surface area (Å²) in [4.78, 5) is 0.319. The van der Waals surface area contributed by atoms with Crippen LogP contribution in [0.2, 0.25) is 0 Å². The average Bonchev–Trinajstić information content (AvgIpc) is 2.27. The van der Waals surface area contributed by atoms with Crippen LogP contribution in [-0.4, -0.2) is 15.8 Å². The molecule has 1 unspecified atom stereocenters. The maximum absolute atomic E-state index is 10.8. The zero-order chi connectivity index (χ0) is 10.8. The number of nitrogens with one attached hydrogen (secondary N) is 1. The van der Waals surface area contributed by atoms with E-state index < -0.39 is 11.1 Å². The fraction of sp³-hybridized carbons (Fsp3) is 0.0909. The normalized spacial score (nSPS) is 12.7. The molecule has 0 saturated carbocycles. The molecule has 2 rings (SSSR count). The quantitative estimate of drug-likeness (QED) is 0.789. The highest BCUT2D eigenvalue weighted by Crippen LogP contribution is 2.21. The minimum atomic E-state index is -2.16. The Bertz CT molecular complexity index is 525. The van der Waals surface area contributed by atoms with Gasteiger partial charge in [-0.25, -0.2) is 0 Å². The van der Waals surface area contributed by atoms with Crippen LogP contribution in [-0.2, 0) is 11.1 Å². The maximum atomic E-state index is 10.8. The molecule has 4 heteroatoms. The first-order chi connectivity index (χ1) is 7.20. The van der Waals surface area contributed by atoms with Crippen LogP contribution in [0.15, 0.2) is 41.3 Å². The molecule has 0 saturated heterocycles. The van der Waals surface area contributed by atoms with E-state index in [2.05, 4.69) is 5.32 Å². The van der Waals surface area contributed by atoms with Crippen molar-refractivity contribution in [2.75, 3.05) is 12.4 Å². The van der Waals surface area contributed by atoms with Crippen molar-refractivity contribution in [3.05, 3.63) is 36.4 Å². The van der Waals surface area contributed by atoms with Crippen molar-refractivity contribution in [3.8, 4) is 0 Å². The van der Waals surface area contributed by atoms with E-state index in [9.17, 15) is 8.76 Å². The minimum Gasteiger partial charge on any atom is -0.768 e.